The van der Waals surface area contributed by atoms with Gasteiger partial charge in [-0.2, -0.15) is 5.26 Å². The van der Waals surface area contributed by atoms with Gasteiger partial charge in [-0.25, -0.2) is 0 Å². The second-order valence-corrected chi connectivity index (χ2v) is 9.99. The quantitative estimate of drug-likeness (QED) is 0.609. The smallest absolute Gasteiger partial charge is 0.101 e. The van der Waals surface area contributed by atoms with E-state index in [1.165, 1.54) is 22.5 Å². The first kappa shape index (κ1) is 22.3. The fourth-order valence-corrected chi connectivity index (χ4v) is 5.92. The van der Waals surface area contributed by atoms with Crippen LogP contribution < -0.4 is 15.5 Å². The van der Waals surface area contributed by atoms with E-state index in [9.17, 15) is 5.26 Å². The molecule has 3 aromatic rings. The summed E-state index contributed by atoms with van der Waals surface area (Å²) in [7, 11) is 0. The van der Waals surface area contributed by atoms with Crippen molar-refractivity contribution in [1.82, 2.24) is 15.2 Å². The highest BCUT2D eigenvalue weighted by atomic mass is 16.5. The summed E-state index contributed by atoms with van der Waals surface area (Å²) < 4.78 is 5.83. The summed E-state index contributed by atoms with van der Waals surface area (Å²) in [5, 5.41) is 17.6. The molecule has 2 aromatic carbocycles. The lowest BCUT2D eigenvalue weighted by Gasteiger charge is -2.49. The molecule has 1 aromatic heterocycles. The summed E-state index contributed by atoms with van der Waals surface area (Å²) >= 11 is 0. The van der Waals surface area contributed by atoms with Crippen LogP contribution in [0.1, 0.15) is 23.6 Å². The van der Waals surface area contributed by atoms with Gasteiger partial charge >= 0.3 is 0 Å². The molecule has 0 unspecified atom stereocenters. The van der Waals surface area contributed by atoms with Crippen LogP contribution in [-0.4, -0.2) is 67.4 Å². The Labute approximate surface area is 206 Å². The van der Waals surface area contributed by atoms with Crippen molar-refractivity contribution in [1.29, 1.82) is 5.26 Å². The summed E-state index contributed by atoms with van der Waals surface area (Å²) in [6.07, 6.45) is 3.05. The maximum Gasteiger partial charge on any atom is 0.101 e. The van der Waals surface area contributed by atoms with Crippen molar-refractivity contribution >= 4 is 22.3 Å². The molecule has 3 atom stereocenters. The van der Waals surface area contributed by atoms with Crippen LogP contribution in [-0.2, 0) is 17.7 Å². The number of nitrogens with one attached hydrogen (secondary N) is 2. The molecule has 0 radical (unpaired) electrons. The van der Waals surface area contributed by atoms with E-state index < -0.39 is 0 Å². The average Bonchev–Trinajstić information content (AvgIpc) is 2.91. The van der Waals surface area contributed by atoms with E-state index >= 15 is 0 Å². The van der Waals surface area contributed by atoms with Gasteiger partial charge in [0.05, 0.1) is 23.8 Å². The predicted octanol–water partition coefficient (Wildman–Crippen LogP) is 3.14. The van der Waals surface area contributed by atoms with Crippen LogP contribution in [0.5, 0.6) is 0 Å². The van der Waals surface area contributed by atoms with Crippen molar-refractivity contribution in [2.24, 2.45) is 0 Å². The third kappa shape index (κ3) is 4.34. The first-order valence-electron chi connectivity index (χ1n) is 12.7. The number of nitrogens with zero attached hydrogens (tertiary/aromatic N) is 4. The highest BCUT2D eigenvalue weighted by Gasteiger charge is 2.36. The van der Waals surface area contributed by atoms with Gasteiger partial charge in [0.2, 0.25) is 0 Å². The van der Waals surface area contributed by atoms with Gasteiger partial charge in [-0.05, 0) is 60.9 Å². The normalized spacial score (nSPS) is 24.5. The Morgan fingerprint density at radius 3 is 3.00 bits per heavy atom. The van der Waals surface area contributed by atoms with Gasteiger partial charge in [0.1, 0.15) is 6.07 Å². The van der Waals surface area contributed by atoms with Crippen LogP contribution in [0, 0.1) is 11.3 Å². The Bertz CT molecular complexity index is 1260. The molecule has 3 aliphatic heterocycles. The predicted molar refractivity (Wildman–Crippen MR) is 139 cm³/mol. The number of pyridine rings is 1. The number of aromatic nitrogens is 1. The minimum Gasteiger partial charge on any atom is -0.382 e. The van der Waals surface area contributed by atoms with Crippen molar-refractivity contribution in [3.63, 3.8) is 0 Å². The summed E-state index contributed by atoms with van der Waals surface area (Å²) in [5.41, 5.74) is 6.68. The largest absolute Gasteiger partial charge is 0.382 e. The van der Waals surface area contributed by atoms with E-state index in [0.717, 1.165) is 63.2 Å². The van der Waals surface area contributed by atoms with Gasteiger partial charge in [0.15, 0.2) is 0 Å². The molecule has 0 spiro atoms. The average molecular weight is 469 g/mol. The summed E-state index contributed by atoms with van der Waals surface area (Å²) in [6.45, 7) is 8.74. The lowest BCUT2D eigenvalue weighted by Crippen LogP contribution is -2.59. The first-order valence-corrected chi connectivity index (χ1v) is 12.7. The van der Waals surface area contributed by atoms with Crippen LogP contribution in [0.3, 0.4) is 0 Å². The van der Waals surface area contributed by atoms with Crippen molar-refractivity contribution in [2.45, 2.75) is 38.1 Å². The molecule has 35 heavy (non-hydrogen) atoms. The molecule has 0 amide bonds. The Kier molecular flexibility index (Phi) is 6.03. The first-order chi connectivity index (χ1) is 17.2. The standard InChI is InChI=1S/C28H32N6O/c1-19-16-33(27-7-5-21(13-29)28-26(27)3-2-8-31-28)18-24-12-20-4-6-23(11-22(20)17-34(19)24)32-15-25-14-30-9-10-35-25/h2-8,11,19,24-25,30,32H,9-10,12,14-18H2,1H3/t19-,24+,25+/m1/s1. The minimum absolute atomic E-state index is 0.228. The number of rotatable bonds is 4. The lowest BCUT2D eigenvalue weighted by atomic mass is 9.89. The number of benzene rings is 2. The number of ether oxygens (including phenoxy) is 1. The van der Waals surface area contributed by atoms with Crippen LogP contribution >= 0.6 is 0 Å². The molecule has 4 heterocycles. The molecule has 7 heteroatoms. The van der Waals surface area contributed by atoms with Crippen LogP contribution in [0.2, 0.25) is 0 Å². The Morgan fingerprint density at radius 1 is 1.20 bits per heavy atom. The van der Waals surface area contributed by atoms with Gasteiger partial charge in [0, 0.05) is 74.3 Å². The number of piperazine rings is 1. The van der Waals surface area contributed by atoms with Gasteiger partial charge < -0.3 is 20.3 Å². The topological polar surface area (TPSA) is 76.5 Å². The number of morpholine rings is 1. The van der Waals surface area contributed by atoms with E-state index in [1.807, 2.05) is 12.1 Å². The molecule has 3 aliphatic rings. The summed E-state index contributed by atoms with van der Waals surface area (Å²) in [5.74, 6) is 0. The minimum atomic E-state index is 0.228. The second kappa shape index (κ2) is 9.46. The molecule has 7 nitrogen and oxygen atoms in total. The lowest BCUT2D eigenvalue weighted by molar-refractivity contribution is 0.0372. The van der Waals surface area contributed by atoms with Crippen LogP contribution in [0.15, 0.2) is 48.7 Å². The number of hydrogen-bond donors (Lipinski definition) is 2. The van der Waals surface area contributed by atoms with Crippen LogP contribution in [0.25, 0.3) is 10.9 Å². The summed E-state index contributed by atoms with van der Waals surface area (Å²) in [4.78, 5) is 9.68. The van der Waals surface area contributed by atoms with E-state index in [2.05, 4.69) is 68.7 Å². The number of anilines is 2. The van der Waals surface area contributed by atoms with Gasteiger partial charge in [-0.3, -0.25) is 9.88 Å². The molecule has 0 bridgehead atoms. The Balaban J connectivity index is 1.20. The van der Waals surface area contributed by atoms with Gasteiger partial charge in [-0.15, -0.1) is 0 Å². The molecule has 0 saturated carbocycles. The zero-order valence-corrected chi connectivity index (χ0v) is 20.2. The molecular formula is C28H32N6O. The highest BCUT2D eigenvalue weighted by Crippen LogP contribution is 2.35. The zero-order valence-electron chi connectivity index (χ0n) is 20.2. The van der Waals surface area contributed by atoms with Gasteiger partial charge in [-0.1, -0.05) is 6.07 Å². The highest BCUT2D eigenvalue weighted by molar-refractivity contribution is 5.95. The monoisotopic (exact) mass is 468 g/mol. The van der Waals surface area contributed by atoms with E-state index in [0.29, 0.717) is 17.6 Å². The van der Waals surface area contributed by atoms with Crippen molar-refractivity contribution in [3.05, 3.63) is 65.4 Å². The van der Waals surface area contributed by atoms with Crippen molar-refractivity contribution < 1.29 is 4.74 Å². The fraction of sp³-hybridized carbons (Fsp3) is 0.429. The summed E-state index contributed by atoms with van der Waals surface area (Å²) in [6, 6.07) is 18.1. The maximum atomic E-state index is 9.52. The molecule has 6 rings (SSSR count). The third-order valence-corrected chi connectivity index (χ3v) is 7.71. The SMILES string of the molecule is C[C@@H]1CN(c2ccc(C#N)c3ncccc23)C[C@@H]2Cc3ccc(NC[C@@H]4CNCCO4)cc3CN21. The van der Waals surface area contributed by atoms with Crippen LogP contribution in [0.4, 0.5) is 11.4 Å². The molecule has 0 aliphatic carbocycles. The number of fused-ring (bicyclic) bond motifs is 3. The molecule has 2 saturated heterocycles. The Morgan fingerprint density at radius 2 is 2.14 bits per heavy atom. The third-order valence-electron chi connectivity index (χ3n) is 7.71. The molecule has 180 valence electrons. The second-order valence-electron chi connectivity index (χ2n) is 9.99. The van der Waals surface area contributed by atoms with E-state index in [-0.39, 0.29) is 6.10 Å². The van der Waals surface area contributed by atoms with Crippen molar-refractivity contribution in [2.75, 3.05) is 49.5 Å². The van der Waals surface area contributed by atoms with E-state index in [1.54, 1.807) is 6.20 Å². The zero-order chi connectivity index (χ0) is 23.8. The number of nitriles is 1. The maximum absolute atomic E-state index is 9.52. The van der Waals surface area contributed by atoms with Crippen molar-refractivity contribution in [3.8, 4) is 6.07 Å². The van der Waals surface area contributed by atoms with Gasteiger partial charge in [0.25, 0.3) is 0 Å². The van der Waals surface area contributed by atoms with E-state index in [4.69, 9.17) is 4.74 Å². The number of hydrogen-bond acceptors (Lipinski definition) is 7. The molecular weight excluding hydrogens is 436 g/mol. The molecule has 2 N–H and O–H groups in total. The molecule has 2 fully saturated rings. The fourth-order valence-electron chi connectivity index (χ4n) is 5.92. The Hall–Kier alpha value is -3.18.